The van der Waals surface area contributed by atoms with Crippen molar-refractivity contribution < 1.29 is 9.90 Å². The van der Waals surface area contributed by atoms with Gasteiger partial charge in [0, 0.05) is 18.0 Å². The second kappa shape index (κ2) is 5.49. The maximum atomic E-state index is 11.3. The molecule has 1 unspecified atom stereocenters. The van der Waals surface area contributed by atoms with Crippen molar-refractivity contribution in [3.8, 4) is 0 Å². The van der Waals surface area contributed by atoms with Crippen molar-refractivity contribution >= 4 is 22.4 Å². The van der Waals surface area contributed by atoms with Crippen LogP contribution in [0.3, 0.4) is 0 Å². The molecule has 0 radical (unpaired) electrons. The highest BCUT2D eigenvalue weighted by Gasteiger charge is 2.33. The minimum atomic E-state index is -0.913. The largest absolute Gasteiger partial charge is 0.481 e. The number of rotatable bonds is 3. The molecule has 0 aliphatic carbocycles. The highest BCUT2D eigenvalue weighted by molar-refractivity contribution is 7.13. The normalized spacial score (nSPS) is 21.2. The Kier molecular flexibility index (Phi) is 4.13. The smallest absolute Gasteiger partial charge is 0.315 e. The number of carbonyl (C=O) groups is 1. The van der Waals surface area contributed by atoms with Gasteiger partial charge in [0.2, 0.25) is 0 Å². The van der Waals surface area contributed by atoms with Gasteiger partial charge in [0.1, 0.15) is 5.41 Å². The third kappa shape index (κ3) is 2.91. The maximum absolute atomic E-state index is 11.3. The van der Waals surface area contributed by atoms with Gasteiger partial charge < -0.3 is 10.0 Å². The third-order valence-corrected chi connectivity index (χ3v) is 4.84. The number of anilines is 1. The average molecular weight is 282 g/mol. The lowest BCUT2D eigenvalue weighted by Gasteiger charge is -2.26. The summed E-state index contributed by atoms with van der Waals surface area (Å²) >= 11 is 1.56. The van der Waals surface area contributed by atoms with Crippen molar-refractivity contribution in [3.05, 3.63) is 11.1 Å². The number of thiazole rings is 1. The molecule has 2 rings (SSSR count). The van der Waals surface area contributed by atoms with Crippen LogP contribution in [-0.2, 0) is 10.2 Å². The molecule has 1 aliphatic heterocycles. The van der Waals surface area contributed by atoms with Crippen molar-refractivity contribution in [3.63, 3.8) is 0 Å². The SMILES string of the molecule is CC1CCCCCN1c1nc(C(C)(C)C(=O)O)cs1. The minimum absolute atomic E-state index is 0.495. The summed E-state index contributed by atoms with van der Waals surface area (Å²) in [6, 6.07) is 0.495. The molecule has 1 aromatic rings. The Balaban J connectivity index is 2.22. The fourth-order valence-electron chi connectivity index (χ4n) is 2.35. The van der Waals surface area contributed by atoms with E-state index in [1.54, 1.807) is 25.2 Å². The van der Waals surface area contributed by atoms with E-state index in [2.05, 4.69) is 16.8 Å². The first kappa shape index (κ1) is 14.3. The summed E-state index contributed by atoms with van der Waals surface area (Å²) in [6.45, 7) is 6.68. The first-order valence-electron chi connectivity index (χ1n) is 6.89. The summed E-state index contributed by atoms with van der Waals surface area (Å²) in [5.74, 6) is -0.826. The van der Waals surface area contributed by atoms with Crippen LogP contribution in [0.15, 0.2) is 5.38 Å². The van der Waals surface area contributed by atoms with E-state index in [0.29, 0.717) is 11.7 Å². The molecule has 4 nitrogen and oxygen atoms in total. The van der Waals surface area contributed by atoms with Crippen LogP contribution in [0.1, 0.15) is 52.1 Å². The van der Waals surface area contributed by atoms with E-state index >= 15 is 0 Å². The molecular formula is C14H22N2O2S. The summed E-state index contributed by atoms with van der Waals surface area (Å²) in [5.41, 5.74) is -0.249. The zero-order valence-electron chi connectivity index (χ0n) is 11.8. The average Bonchev–Trinajstić information content (AvgIpc) is 2.74. The highest BCUT2D eigenvalue weighted by Crippen LogP contribution is 2.32. The number of nitrogens with zero attached hydrogens (tertiary/aromatic N) is 2. The lowest BCUT2D eigenvalue weighted by molar-refractivity contribution is -0.142. The predicted molar refractivity (Wildman–Crippen MR) is 78.1 cm³/mol. The van der Waals surface area contributed by atoms with Crippen LogP contribution in [0.4, 0.5) is 5.13 Å². The van der Waals surface area contributed by atoms with Crippen LogP contribution in [0.25, 0.3) is 0 Å². The van der Waals surface area contributed by atoms with Gasteiger partial charge in [0.05, 0.1) is 5.69 Å². The van der Waals surface area contributed by atoms with Crippen molar-refractivity contribution in [2.75, 3.05) is 11.4 Å². The first-order valence-corrected chi connectivity index (χ1v) is 7.77. The van der Waals surface area contributed by atoms with Crippen LogP contribution < -0.4 is 4.90 Å². The maximum Gasteiger partial charge on any atom is 0.315 e. The summed E-state index contributed by atoms with van der Waals surface area (Å²) in [6.07, 6.45) is 4.94. The molecule has 106 valence electrons. The number of carboxylic acids is 1. The molecule has 0 spiro atoms. The van der Waals surface area contributed by atoms with E-state index in [9.17, 15) is 9.90 Å². The summed E-state index contributed by atoms with van der Waals surface area (Å²) in [7, 11) is 0. The van der Waals surface area contributed by atoms with Gasteiger partial charge in [-0.1, -0.05) is 12.8 Å². The molecule has 1 fully saturated rings. The molecule has 2 heterocycles. The Hall–Kier alpha value is -1.10. The monoisotopic (exact) mass is 282 g/mol. The van der Waals surface area contributed by atoms with Crippen molar-refractivity contribution in [1.82, 2.24) is 4.98 Å². The summed E-state index contributed by atoms with van der Waals surface area (Å²) in [5, 5.41) is 12.1. The van der Waals surface area contributed by atoms with Gasteiger partial charge in [-0.3, -0.25) is 4.79 Å². The van der Waals surface area contributed by atoms with E-state index in [1.165, 1.54) is 25.7 Å². The number of aromatic nitrogens is 1. The number of carboxylic acid groups (broad SMARTS) is 1. The quantitative estimate of drug-likeness (QED) is 0.924. The summed E-state index contributed by atoms with van der Waals surface area (Å²) < 4.78 is 0. The number of hydrogen-bond acceptors (Lipinski definition) is 4. The van der Waals surface area contributed by atoms with Crippen molar-refractivity contribution in [1.29, 1.82) is 0 Å². The number of aliphatic carboxylic acids is 1. The minimum Gasteiger partial charge on any atom is -0.481 e. The zero-order valence-corrected chi connectivity index (χ0v) is 12.7. The van der Waals surface area contributed by atoms with Gasteiger partial charge in [-0.25, -0.2) is 4.98 Å². The standard InChI is InChI=1S/C14H22N2O2S/c1-10-7-5-4-6-8-16(10)13-15-11(9-19-13)14(2,3)12(17)18/h9-10H,4-8H2,1-3H3,(H,17,18). The van der Waals surface area contributed by atoms with Gasteiger partial charge in [-0.15, -0.1) is 11.3 Å². The van der Waals surface area contributed by atoms with Crippen LogP contribution in [0, 0.1) is 0 Å². The molecule has 0 amide bonds. The van der Waals surface area contributed by atoms with E-state index in [0.717, 1.165) is 11.7 Å². The first-order chi connectivity index (χ1) is 8.93. The lowest BCUT2D eigenvalue weighted by atomic mass is 9.90. The Bertz CT molecular complexity index is 456. The topological polar surface area (TPSA) is 53.4 Å². The Morgan fingerprint density at radius 3 is 2.89 bits per heavy atom. The fraction of sp³-hybridized carbons (Fsp3) is 0.714. The Morgan fingerprint density at radius 1 is 1.47 bits per heavy atom. The lowest BCUT2D eigenvalue weighted by Crippen LogP contribution is -2.33. The highest BCUT2D eigenvalue weighted by atomic mass is 32.1. The van der Waals surface area contributed by atoms with Crippen LogP contribution >= 0.6 is 11.3 Å². The van der Waals surface area contributed by atoms with Crippen molar-refractivity contribution in [2.45, 2.75) is 57.9 Å². The van der Waals surface area contributed by atoms with Gasteiger partial charge in [-0.2, -0.15) is 0 Å². The molecular weight excluding hydrogens is 260 g/mol. The second-order valence-electron chi connectivity index (χ2n) is 5.84. The molecule has 1 atom stereocenters. The van der Waals surface area contributed by atoms with E-state index in [1.807, 2.05) is 5.38 Å². The summed E-state index contributed by atoms with van der Waals surface area (Å²) in [4.78, 5) is 18.2. The van der Waals surface area contributed by atoms with Gasteiger partial charge in [0.15, 0.2) is 5.13 Å². The molecule has 1 saturated heterocycles. The second-order valence-corrected chi connectivity index (χ2v) is 6.67. The van der Waals surface area contributed by atoms with Crippen LogP contribution in [0.2, 0.25) is 0 Å². The van der Waals surface area contributed by atoms with Crippen LogP contribution in [-0.4, -0.2) is 28.6 Å². The van der Waals surface area contributed by atoms with Crippen molar-refractivity contribution in [2.24, 2.45) is 0 Å². The molecule has 5 heteroatoms. The molecule has 1 N–H and O–H groups in total. The Morgan fingerprint density at radius 2 is 2.21 bits per heavy atom. The van der Waals surface area contributed by atoms with Gasteiger partial charge in [-0.05, 0) is 33.6 Å². The fourth-order valence-corrected chi connectivity index (χ4v) is 3.47. The molecule has 0 aromatic carbocycles. The zero-order chi connectivity index (χ0) is 14.0. The van der Waals surface area contributed by atoms with E-state index < -0.39 is 11.4 Å². The number of hydrogen-bond donors (Lipinski definition) is 1. The van der Waals surface area contributed by atoms with Gasteiger partial charge >= 0.3 is 5.97 Å². The van der Waals surface area contributed by atoms with Crippen LogP contribution in [0.5, 0.6) is 0 Å². The molecule has 19 heavy (non-hydrogen) atoms. The Labute approximate surface area is 118 Å². The van der Waals surface area contributed by atoms with Gasteiger partial charge in [0.25, 0.3) is 0 Å². The van der Waals surface area contributed by atoms with E-state index in [-0.39, 0.29) is 0 Å². The van der Waals surface area contributed by atoms with E-state index in [4.69, 9.17) is 0 Å². The third-order valence-electron chi connectivity index (χ3n) is 3.97. The molecule has 0 bridgehead atoms. The molecule has 1 aliphatic rings. The predicted octanol–water partition coefficient (Wildman–Crippen LogP) is 3.27. The molecule has 1 aromatic heterocycles. The molecule has 0 saturated carbocycles.